The summed E-state index contributed by atoms with van der Waals surface area (Å²) < 4.78 is 39.2. The fraction of sp³-hybridized carbons (Fsp3) is 0.357. The van der Waals surface area contributed by atoms with Gasteiger partial charge in [-0.2, -0.15) is 9.40 Å². The minimum absolute atomic E-state index is 0.308. The van der Waals surface area contributed by atoms with Crippen LogP contribution in [0.5, 0.6) is 0 Å². The molecule has 1 saturated heterocycles. The van der Waals surface area contributed by atoms with Gasteiger partial charge in [0.25, 0.3) is 0 Å². The molecule has 3 rings (SSSR count). The van der Waals surface area contributed by atoms with E-state index in [4.69, 9.17) is 0 Å². The summed E-state index contributed by atoms with van der Waals surface area (Å²) in [5.41, 5.74) is 1.71. The summed E-state index contributed by atoms with van der Waals surface area (Å²) in [6.45, 7) is 0.485. The number of halogens is 1. The maximum Gasteiger partial charge on any atom is 0.211 e. The molecule has 0 bridgehead atoms. The molecule has 1 unspecified atom stereocenters. The standard InChI is InChI=1S/C14H16FN3O2S/c1-21(19,20)18-8-4-7-13(18)14-11(9-16-17-14)10-5-2-3-6-12(10)15/h2-3,5-6,9,13H,4,7-8H2,1H3,(H,16,17). The first kappa shape index (κ1) is 14.2. The number of sulfonamides is 1. The molecule has 0 spiro atoms. The summed E-state index contributed by atoms with van der Waals surface area (Å²) >= 11 is 0. The second-order valence-electron chi connectivity index (χ2n) is 5.21. The zero-order valence-electron chi connectivity index (χ0n) is 11.6. The quantitative estimate of drug-likeness (QED) is 0.946. The van der Waals surface area contributed by atoms with Crippen LogP contribution < -0.4 is 0 Å². The largest absolute Gasteiger partial charge is 0.280 e. The summed E-state index contributed by atoms with van der Waals surface area (Å²) in [5, 5.41) is 6.84. The Labute approximate surface area is 122 Å². The van der Waals surface area contributed by atoms with Crippen LogP contribution in [0.2, 0.25) is 0 Å². The summed E-state index contributed by atoms with van der Waals surface area (Å²) in [5.74, 6) is -0.343. The van der Waals surface area contributed by atoms with Crippen LogP contribution >= 0.6 is 0 Å². The topological polar surface area (TPSA) is 66.1 Å². The van der Waals surface area contributed by atoms with Gasteiger partial charge in [0.15, 0.2) is 0 Å². The summed E-state index contributed by atoms with van der Waals surface area (Å²) in [4.78, 5) is 0. The molecule has 2 aromatic rings. The van der Waals surface area contributed by atoms with Crippen LogP contribution in [0.1, 0.15) is 24.6 Å². The Morgan fingerprint density at radius 3 is 2.81 bits per heavy atom. The van der Waals surface area contributed by atoms with Crippen molar-refractivity contribution in [2.24, 2.45) is 0 Å². The first-order valence-electron chi connectivity index (χ1n) is 6.73. The first-order valence-corrected chi connectivity index (χ1v) is 8.58. The summed E-state index contributed by atoms with van der Waals surface area (Å²) in [7, 11) is -3.30. The van der Waals surface area contributed by atoms with Gasteiger partial charge in [0.05, 0.1) is 24.2 Å². The second-order valence-corrected chi connectivity index (χ2v) is 7.14. The van der Waals surface area contributed by atoms with Gasteiger partial charge in [0, 0.05) is 17.7 Å². The molecular weight excluding hydrogens is 293 g/mol. The van der Waals surface area contributed by atoms with Crippen LogP contribution in [0.3, 0.4) is 0 Å². The number of aromatic nitrogens is 2. The van der Waals surface area contributed by atoms with E-state index in [-0.39, 0.29) is 11.9 Å². The van der Waals surface area contributed by atoms with E-state index in [0.717, 1.165) is 6.42 Å². The average Bonchev–Trinajstić information content (AvgIpc) is 3.06. The highest BCUT2D eigenvalue weighted by Gasteiger charge is 2.35. The van der Waals surface area contributed by atoms with Crippen molar-refractivity contribution in [3.63, 3.8) is 0 Å². The molecule has 112 valence electrons. The molecule has 1 fully saturated rings. The van der Waals surface area contributed by atoms with Crippen molar-refractivity contribution < 1.29 is 12.8 Å². The van der Waals surface area contributed by atoms with E-state index >= 15 is 0 Å². The van der Waals surface area contributed by atoms with Crippen LogP contribution in [0, 0.1) is 5.82 Å². The Kier molecular flexibility index (Phi) is 3.54. The number of nitrogens with one attached hydrogen (secondary N) is 1. The molecule has 1 aliphatic rings. The molecule has 0 aliphatic carbocycles. The average molecular weight is 309 g/mol. The third kappa shape index (κ3) is 2.58. The molecule has 0 saturated carbocycles. The van der Waals surface area contributed by atoms with Crippen LogP contribution in [-0.2, 0) is 10.0 Å². The van der Waals surface area contributed by atoms with E-state index in [0.29, 0.717) is 29.8 Å². The number of benzene rings is 1. The number of nitrogens with zero attached hydrogens (tertiary/aromatic N) is 2. The monoisotopic (exact) mass is 309 g/mol. The smallest absolute Gasteiger partial charge is 0.211 e. The lowest BCUT2D eigenvalue weighted by Gasteiger charge is -2.22. The number of H-pyrrole nitrogens is 1. The van der Waals surface area contributed by atoms with Crippen molar-refractivity contribution >= 4 is 10.0 Å². The van der Waals surface area contributed by atoms with Gasteiger partial charge in [-0.25, -0.2) is 12.8 Å². The molecule has 1 aliphatic heterocycles. The van der Waals surface area contributed by atoms with E-state index in [1.54, 1.807) is 24.4 Å². The van der Waals surface area contributed by atoms with E-state index in [1.165, 1.54) is 16.6 Å². The molecule has 7 heteroatoms. The van der Waals surface area contributed by atoms with Gasteiger partial charge in [-0.3, -0.25) is 5.10 Å². The van der Waals surface area contributed by atoms with Crippen LogP contribution in [0.15, 0.2) is 30.5 Å². The molecule has 21 heavy (non-hydrogen) atoms. The lowest BCUT2D eigenvalue weighted by molar-refractivity contribution is 0.394. The van der Waals surface area contributed by atoms with Crippen LogP contribution in [0.25, 0.3) is 11.1 Å². The van der Waals surface area contributed by atoms with E-state index in [2.05, 4.69) is 10.2 Å². The van der Waals surface area contributed by atoms with Crippen LogP contribution in [0.4, 0.5) is 4.39 Å². The minimum atomic E-state index is -3.30. The highest BCUT2D eigenvalue weighted by atomic mass is 32.2. The van der Waals surface area contributed by atoms with Gasteiger partial charge >= 0.3 is 0 Å². The van der Waals surface area contributed by atoms with Crippen molar-refractivity contribution in [2.75, 3.05) is 12.8 Å². The zero-order valence-corrected chi connectivity index (χ0v) is 12.4. The van der Waals surface area contributed by atoms with E-state index < -0.39 is 10.0 Å². The fourth-order valence-corrected chi connectivity index (χ4v) is 4.00. The lowest BCUT2D eigenvalue weighted by atomic mass is 10.0. The first-order chi connectivity index (χ1) is 9.98. The molecule has 1 atom stereocenters. The van der Waals surface area contributed by atoms with Gasteiger partial charge in [-0.15, -0.1) is 0 Å². The van der Waals surface area contributed by atoms with Crippen molar-refractivity contribution in [1.29, 1.82) is 0 Å². The molecule has 1 aromatic carbocycles. The van der Waals surface area contributed by atoms with Gasteiger partial charge < -0.3 is 0 Å². The van der Waals surface area contributed by atoms with Gasteiger partial charge in [-0.05, 0) is 18.9 Å². The maximum absolute atomic E-state index is 14.0. The van der Waals surface area contributed by atoms with Gasteiger partial charge in [0.1, 0.15) is 5.82 Å². The Balaban J connectivity index is 2.06. The third-order valence-electron chi connectivity index (χ3n) is 3.80. The molecule has 0 radical (unpaired) electrons. The number of aromatic amines is 1. The van der Waals surface area contributed by atoms with Crippen molar-refractivity contribution in [3.8, 4) is 11.1 Å². The molecule has 1 aromatic heterocycles. The lowest BCUT2D eigenvalue weighted by Crippen LogP contribution is -2.29. The Morgan fingerprint density at radius 1 is 1.33 bits per heavy atom. The maximum atomic E-state index is 14.0. The predicted octanol–water partition coefficient (Wildman–Crippen LogP) is 2.31. The normalized spacial score (nSPS) is 20.0. The molecule has 1 N–H and O–H groups in total. The Hall–Kier alpha value is -1.73. The molecule has 5 nitrogen and oxygen atoms in total. The number of hydrogen-bond donors (Lipinski definition) is 1. The molecule has 0 amide bonds. The van der Waals surface area contributed by atoms with Crippen molar-refractivity contribution in [2.45, 2.75) is 18.9 Å². The Bertz CT molecular complexity index is 757. The van der Waals surface area contributed by atoms with E-state index in [1.807, 2.05) is 0 Å². The van der Waals surface area contributed by atoms with Gasteiger partial charge in [-0.1, -0.05) is 18.2 Å². The van der Waals surface area contributed by atoms with E-state index in [9.17, 15) is 12.8 Å². The highest BCUT2D eigenvalue weighted by Crippen LogP contribution is 2.38. The summed E-state index contributed by atoms with van der Waals surface area (Å²) in [6.07, 6.45) is 4.24. The van der Waals surface area contributed by atoms with Crippen molar-refractivity contribution in [3.05, 3.63) is 42.0 Å². The SMILES string of the molecule is CS(=O)(=O)N1CCCC1c1[nH]ncc1-c1ccccc1F. The molecule has 2 heterocycles. The number of rotatable bonds is 3. The molecular formula is C14H16FN3O2S. The Morgan fingerprint density at radius 2 is 2.10 bits per heavy atom. The number of hydrogen-bond acceptors (Lipinski definition) is 3. The van der Waals surface area contributed by atoms with Crippen molar-refractivity contribution in [1.82, 2.24) is 14.5 Å². The predicted molar refractivity (Wildman–Crippen MR) is 77.5 cm³/mol. The fourth-order valence-electron chi connectivity index (χ4n) is 2.87. The zero-order chi connectivity index (χ0) is 15.0. The highest BCUT2D eigenvalue weighted by molar-refractivity contribution is 7.88. The van der Waals surface area contributed by atoms with Gasteiger partial charge in [0.2, 0.25) is 10.0 Å². The minimum Gasteiger partial charge on any atom is -0.280 e. The summed E-state index contributed by atoms with van der Waals surface area (Å²) in [6, 6.07) is 6.12. The second kappa shape index (κ2) is 5.23. The third-order valence-corrected chi connectivity index (χ3v) is 5.08. The van der Waals surface area contributed by atoms with Crippen LogP contribution in [-0.4, -0.2) is 35.7 Å².